The molecule has 16 nitrogen and oxygen atoms in total. The van der Waals surface area contributed by atoms with Gasteiger partial charge in [-0.15, -0.1) is 0 Å². The van der Waals surface area contributed by atoms with E-state index in [0.29, 0.717) is 157 Å². The minimum absolute atomic E-state index is 0.0239. The van der Waals surface area contributed by atoms with Gasteiger partial charge in [-0.2, -0.15) is 0 Å². The second-order valence-electron chi connectivity index (χ2n) is 10.1. The summed E-state index contributed by atoms with van der Waals surface area (Å²) >= 11 is 0. The van der Waals surface area contributed by atoms with E-state index in [1.807, 2.05) is 12.1 Å². The number of non-ortho nitro benzene ring substituents is 1. The monoisotopic (exact) mass is 714 g/mol. The Morgan fingerprint density at radius 2 is 0.600 bits per heavy atom. The average Bonchev–Trinajstić information content (AvgIpc) is 3.12. The van der Waals surface area contributed by atoms with Crippen molar-refractivity contribution in [1.29, 1.82) is 0 Å². The molecule has 0 aliphatic heterocycles. The summed E-state index contributed by atoms with van der Waals surface area (Å²) in [7, 11) is 0. The van der Waals surface area contributed by atoms with Crippen LogP contribution in [0.3, 0.4) is 0 Å². The van der Waals surface area contributed by atoms with Crippen LogP contribution < -0.4 is 15.2 Å². The highest BCUT2D eigenvalue weighted by Gasteiger charge is 2.04. The fraction of sp³-hybridized carbons (Fsp3) is 0.647. The molecule has 0 saturated heterocycles. The topological polar surface area (TPSA) is 180 Å². The van der Waals surface area contributed by atoms with Crippen LogP contribution in [0.5, 0.6) is 11.5 Å². The standard InChI is InChI=1S/C34H54N2O14/c35-31-1-5-33(6-2-31)49-29-27-47-25-23-45-21-19-43-17-15-41-13-11-39-9-10-40-12-14-42-16-18-44-20-22-46-24-26-48-28-30-50-34-7-3-32(4-8-34)36(37)38/h1-8H,9-30,35H2. The molecule has 0 saturated carbocycles. The van der Waals surface area contributed by atoms with Gasteiger partial charge in [0.2, 0.25) is 0 Å². The fourth-order valence-corrected chi connectivity index (χ4v) is 3.75. The number of rotatable bonds is 36. The number of hydrogen-bond donors (Lipinski definition) is 1. The summed E-state index contributed by atoms with van der Waals surface area (Å²) in [5.41, 5.74) is 6.37. The lowest BCUT2D eigenvalue weighted by Crippen LogP contribution is -2.15. The fourth-order valence-electron chi connectivity index (χ4n) is 3.75. The minimum Gasteiger partial charge on any atom is -0.491 e. The first kappa shape index (κ1) is 43.0. The third kappa shape index (κ3) is 25.8. The van der Waals surface area contributed by atoms with Crippen molar-refractivity contribution in [2.75, 3.05) is 151 Å². The Labute approximate surface area is 294 Å². The predicted octanol–water partition coefficient (Wildman–Crippen LogP) is 2.80. The van der Waals surface area contributed by atoms with Crippen LogP contribution >= 0.6 is 0 Å². The summed E-state index contributed by atoms with van der Waals surface area (Å²) in [4.78, 5) is 10.2. The summed E-state index contributed by atoms with van der Waals surface area (Å²) in [5.74, 6) is 1.32. The van der Waals surface area contributed by atoms with Crippen molar-refractivity contribution in [2.45, 2.75) is 0 Å². The summed E-state index contributed by atoms with van der Waals surface area (Å²) in [5, 5.41) is 10.6. The molecule has 2 rings (SSSR count). The van der Waals surface area contributed by atoms with Gasteiger partial charge in [-0.25, -0.2) is 0 Å². The molecule has 0 aliphatic rings. The van der Waals surface area contributed by atoms with Gasteiger partial charge in [-0.3, -0.25) is 10.1 Å². The van der Waals surface area contributed by atoms with Crippen LogP contribution in [0.1, 0.15) is 0 Å². The van der Waals surface area contributed by atoms with Crippen LogP contribution in [-0.4, -0.2) is 150 Å². The van der Waals surface area contributed by atoms with Crippen molar-refractivity contribution in [3.63, 3.8) is 0 Å². The molecular formula is C34H54N2O14. The van der Waals surface area contributed by atoms with Gasteiger partial charge in [0.05, 0.1) is 137 Å². The van der Waals surface area contributed by atoms with Crippen molar-refractivity contribution >= 4 is 11.4 Å². The van der Waals surface area contributed by atoms with Gasteiger partial charge >= 0.3 is 0 Å². The van der Waals surface area contributed by atoms with Crippen LogP contribution in [0.25, 0.3) is 0 Å². The van der Waals surface area contributed by atoms with Gasteiger partial charge in [0.25, 0.3) is 5.69 Å². The molecule has 284 valence electrons. The van der Waals surface area contributed by atoms with Gasteiger partial charge in [0.15, 0.2) is 0 Å². The number of nitrogen functional groups attached to an aromatic ring is 1. The van der Waals surface area contributed by atoms with Crippen LogP contribution in [0.4, 0.5) is 11.4 Å². The maximum absolute atomic E-state index is 10.6. The van der Waals surface area contributed by atoms with E-state index in [4.69, 9.17) is 62.6 Å². The van der Waals surface area contributed by atoms with E-state index in [1.54, 1.807) is 24.3 Å². The van der Waals surface area contributed by atoms with E-state index in [1.165, 1.54) is 12.1 Å². The van der Waals surface area contributed by atoms with Crippen molar-refractivity contribution in [3.8, 4) is 11.5 Å². The van der Waals surface area contributed by atoms with E-state index in [0.717, 1.165) is 5.75 Å². The first-order valence-electron chi connectivity index (χ1n) is 16.8. The highest BCUT2D eigenvalue weighted by molar-refractivity contribution is 5.41. The third-order valence-electron chi connectivity index (χ3n) is 6.27. The van der Waals surface area contributed by atoms with E-state index in [2.05, 4.69) is 0 Å². The lowest BCUT2D eigenvalue weighted by atomic mass is 10.3. The Hall–Kier alpha value is -3.16. The number of benzene rings is 2. The molecule has 0 amide bonds. The van der Waals surface area contributed by atoms with Gasteiger partial charge in [0.1, 0.15) is 24.7 Å². The molecule has 0 atom stereocenters. The third-order valence-corrected chi connectivity index (χ3v) is 6.27. The number of ether oxygens (including phenoxy) is 12. The van der Waals surface area contributed by atoms with Crippen LogP contribution in [0.15, 0.2) is 48.5 Å². The van der Waals surface area contributed by atoms with Crippen molar-refractivity contribution in [1.82, 2.24) is 0 Å². The Morgan fingerprint density at radius 3 is 0.840 bits per heavy atom. The average molecular weight is 715 g/mol. The normalized spacial score (nSPS) is 11.2. The second kappa shape index (κ2) is 31.8. The molecule has 2 aromatic carbocycles. The lowest BCUT2D eigenvalue weighted by Gasteiger charge is -2.09. The molecule has 0 spiro atoms. The van der Waals surface area contributed by atoms with E-state index in [9.17, 15) is 10.1 Å². The Balaban J connectivity index is 1.15. The molecular weight excluding hydrogens is 660 g/mol. The minimum atomic E-state index is -0.453. The maximum atomic E-state index is 10.6. The maximum Gasteiger partial charge on any atom is 0.269 e. The molecule has 0 heterocycles. The summed E-state index contributed by atoms with van der Waals surface area (Å²) in [6, 6.07) is 13.1. The van der Waals surface area contributed by atoms with Crippen molar-refractivity contribution in [2.24, 2.45) is 0 Å². The molecule has 2 aromatic rings. The number of nitrogens with zero attached hydrogens (tertiary/aromatic N) is 1. The molecule has 0 bridgehead atoms. The zero-order chi connectivity index (χ0) is 35.6. The summed E-state index contributed by atoms with van der Waals surface area (Å²) < 4.78 is 65.7. The van der Waals surface area contributed by atoms with Crippen LogP contribution in [0.2, 0.25) is 0 Å². The SMILES string of the molecule is Nc1ccc(OCCOCCOCCOCCOCCOCCOCCOCCOCCOCCOCCOc2ccc([N+](=O)[O-])cc2)cc1. The zero-order valence-corrected chi connectivity index (χ0v) is 28.9. The Bertz CT molecular complexity index is 1050. The molecule has 50 heavy (non-hydrogen) atoms. The van der Waals surface area contributed by atoms with Gasteiger partial charge < -0.3 is 62.6 Å². The van der Waals surface area contributed by atoms with Crippen LogP contribution in [-0.2, 0) is 47.4 Å². The molecule has 16 heteroatoms. The predicted molar refractivity (Wildman–Crippen MR) is 183 cm³/mol. The lowest BCUT2D eigenvalue weighted by molar-refractivity contribution is -0.384. The number of nitro benzene ring substituents is 1. The Morgan fingerprint density at radius 1 is 0.380 bits per heavy atom. The van der Waals surface area contributed by atoms with Crippen molar-refractivity contribution in [3.05, 3.63) is 58.6 Å². The molecule has 0 aliphatic carbocycles. The number of nitro groups is 1. The van der Waals surface area contributed by atoms with Crippen LogP contribution in [0, 0.1) is 10.1 Å². The molecule has 0 unspecified atom stereocenters. The largest absolute Gasteiger partial charge is 0.491 e. The van der Waals surface area contributed by atoms with E-state index in [-0.39, 0.29) is 5.69 Å². The molecule has 0 aromatic heterocycles. The van der Waals surface area contributed by atoms with Crippen molar-refractivity contribution < 1.29 is 61.8 Å². The highest BCUT2D eigenvalue weighted by atomic mass is 16.6. The molecule has 2 N–H and O–H groups in total. The molecule has 0 radical (unpaired) electrons. The highest BCUT2D eigenvalue weighted by Crippen LogP contribution is 2.17. The summed E-state index contributed by atoms with van der Waals surface area (Å²) in [6.45, 7) is 10.3. The first-order chi connectivity index (χ1) is 24.6. The quantitative estimate of drug-likeness (QED) is 0.0471. The Kier molecular flexibility index (Phi) is 27.3. The van der Waals surface area contributed by atoms with E-state index < -0.39 is 4.92 Å². The van der Waals surface area contributed by atoms with Gasteiger partial charge in [0, 0.05) is 17.8 Å². The second-order valence-corrected chi connectivity index (χ2v) is 10.1. The van der Waals surface area contributed by atoms with Gasteiger partial charge in [-0.05, 0) is 36.4 Å². The summed E-state index contributed by atoms with van der Waals surface area (Å²) in [6.07, 6.45) is 0. The smallest absolute Gasteiger partial charge is 0.269 e. The number of hydrogen-bond acceptors (Lipinski definition) is 15. The molecule has 0 fully saturated rings. The number of nitrogens with two attached hydrogens (primary N) is 1. The van der Waals surface area contributed by atoms with E-state index >= 15 is 0 Å². The van der Waals surface area contributed by atoms with Gasteiger partial charge in [-0.1, -0.05) is 0 Å². The zero-order valence-electron chi connectivity index (χ0n) is 28.9. The number of anilines is 1. The first-order valence-corrected chi connectivity index (χ1v) is 16.8.